The molecule has 1 atom stereocenters. The number of benzene rings is 1. The third-order valence-electron chi connectivity index (χ3n) is 2.73. The molecule has 0 saturated carbocycles. The van der Waals surface area contributed by atoms with E-state index in [9.17, 15) is 4.39 Å². The summed E-state index contributed by atoms with van der Waals surface area (Å²) >= 11 is 6.01. The van der Waals surface area contributed by atoms with Gasteiger partial charge >= 0.3 is 0 Å². The minimum absolute atomic E-state index is 0.0716. The van der Waals surface area contributed by atoms with Crippen molar-refractivity contribution < 1.29 is 9.13 Å². The maximum absolute atomic E-state index is 13.5. The van der Waals surface area contributed by atoms with Gasteiger partial charge in [0.2, 0.25) is 0 Å². The first-order valence-electron chi connectivity index (χ1n) is 5.80. The molecule has 1 rings (SSSR count). The molecule has 0 amide bonds. The van der Waals surface area contributed by atoms with Gasteiger partial charge in [0.05, 0.1) is 7.11 Å². The van der Waals surface area contributed by atoms with Gasteiger partial charge in [-0.15, -0.1) is 11.6 Å². The number of ether oxygens (including phenoxy) is 1. The van der Waals surface area contributed by atoms with Gasteiger partial charge in [-0.2, -0.15) is 0 Å². The highest BCUT2D eigenvalue weighted by Crippen LogP contribution is 2.30. The van der Waals surface area contributed by atoms with Gasteiger partial charge in [0, 0.05) is 5.38 Å². The van der Waals surface area contributed by atoms with Crippen LogP contribution in [0.5, 0.6) is 5.75 Å². The first kappa shape index (κ1) is 14.3. The van der Waals surface area contributed by atoms with Crippen LogP contribution in [0.25, 0.3) is 0 Å². The van der Waals surface area contributed by atoms with Crippen molar-refractivity contribution >= 4 is 11.6 Å². The highest BCUT2D eigenvalue weighted by atomic mass is 35.5. The lowest BCUT2D eigenvalue weighted by molar-refractivity contribution is 0.330. The zero-order valence-corrected chi connectivity index (χ0v) is 11.6. The number of hydrogen-bond donors (Lipinski definition) is 0. The average molecular weight is 259 g/mol. The second kappa shape index (κ2) is 5.72. The van der Waals surface area contributed by atoms with Crippen molar-refractivity contribution in [1.82, 2.24) is 0 Å². The van der Waals surface area contributed by atoms with Crippen molar-refractivity contribution in [3.05, 3.63) is 29.6 Å². The van der Waals surface area contributed by atoms with E-state index in [0.29, 0.717) is 0 Å². The molecular weight excluding hydrogens is 239 g/mol. The summed E-state index contributed by atoms with van der Waals surface area (Å²) in [5.74, 6) is -0.0167. The van der Waals surface area contributed by atoms with Crippen molar-refractivity contribution in [2.45, 2.75) is 39.0 Å². The Labute approximate surface area is 108 Å². The molecule has 3 heteroatoms. The van der Waals surface area contributed by atoms with Crippen LogP contribution in [0.15, 0.2) is 18.2 Å². The molecule has 96 valence electrons. The zero-order chi connectivity index (χ0) is 13.1. The lowest BCUT2D eigenvalue weighted by Gasteiger charge is -2.26. The lowest BCUT2D eigenvalue weighted by atomic mass is 9.81. The molecule has 0 aromatic heterocycles. The van der Waals surface area contributed by atoms with Crippen LogP contribution in [0.1, 0.15) is 32.8 Å². The molecule has 0 aliphatic carbocycles. The molecule has 0 N–H and O–H groups in total. The normalized spacial score (nSPS) is 13.5. The van der Waals surface area contributed by atoms with E-state index < -0.39 is 0 Å². The largest absolute Gasteiger partial charge is 0.494 e. The Morgan fingerprint density at radius 2 is 2.06 bits per heavy atom. The van der Waals surface area contributed by atoms with Gasteiger partial charge in [0.15, 0.2) is 11.6 Å². The van der Waals surface area contributed by atoms with Gasteiger partial charge in [-0.25, -0.2) is 4.39 Å². The molecule has 1 aromatic carbocycles. The van der Waals surface area contributed by atoms with E-state index in [2.05, 4.69) is 13.8 Å². The van der Waals surface area contributed by atoms with E-state index in [1.807, 2.05) is 13.0 Å². The van der Waals surface area contributed by atoms with Crippen LogP contribution in [-0.4, -0.2) is 12.5 Å². The summed E-state index contributed by atoms with van der Waals surface area (Å²) in [7, 11) is 1.47. The summed E-state index contributed by atoms with van der Waals surface area (Å²) in [4.78, 5) is 0. The maximum Gasteiger partial charge on any atom is 0.165 e. The average Bonchev–Trinajstić information content (AvgIpc) is 2.14. The zero-order valence-electron chi connectivity index (χ0n) is 10.9. The monoisotopic (exact) mass is 258 g/mol. The summed E-state index contributed by atoms with van der Waals surface area (Å²) in [6.07, 6.45) is 1.72. The molecular formula is C14H20ClFO. The van der Waals surface area contributed by atoms with E-state index in [0.717, 1.165) is 18.4 Å². The minimum Gasteiger partial charge on any atom is -0.494 e. The van der Waals surface area contributed by atoms with Gasteiger partial charge in [-0.3, -0.25) is 0 Å². The fraction of sp³-hybridized carbons (Fsp3) is 0.571. The molecule has 0 aliphatic rings. The molecule has 1 nitrogen and oxygen atoms in total. The standard InChI is InChI=1S/C14H20ClFO/c1-10(15)8-14(2,3)9-11-5-6-13(17-4)12(16)7-11/h5-7,10H,8-9H2,1-4H3. The van der Waals surface area contributed by atoms with Crippen molar-refractivity contribution in [2.24, 2.45) is 5.41 Å². The summed E-state index contributed by atoms with van der Waals surface area (Å²) in [6, 6.07) is 5.12. The minimum atomic E-state index is -0.306. The number of hydrogen-bond acceptors (Lipinski definition) is 1. The van der Waals surface area contributed by atoms with Crippen LogP contribution < -0.4 is 4.74 Å². The second-order valence-electron chi connectivity index (χ2n) is 5.29. The Hall–Kier alpha value is -0.760. The molecule has 1 aromatic rings. The van der Waals surface area contributed by atoms with E-state index >= 15 is 0 Å². The SMILES string of the molecule is COc1ccc(CC(C)(C)CC(C)Cl)cc1F. The van der Waals surface area contributed by atoms with Gasteiger partial charge in [0.1, 0.15) is 0 Å². The molecule has 17 heavy (non-hydrogen) atoms. The molecule has 0 saturated heterocycles. The van der Waals surface area contributed by atoms with Crippen LogP contribution in [0.4, 0.5) is 4.39 Å². The highest BCUT2D eigenvalue weighted by molar-refractivity contribution is 6.20. The van der Waals surface area contributed by atoms with Gasteiger partial charge < -0.3 is 4.74 Å². The Morgan fingerprint density at radius 1 is 1.41 bits per heavy atom. The lowest BCUT2D eigenvalue weighted by Crippen LogP contribution is -2.19. The summed E-state index contributed by atoms with van der Waals surface area (Å²) in [5, 5.41) is 0.132. The van der Waals surface area contributed by atoms with Crippen molar-refractivity contribution in [2.75, 3.05) is 7.11 Å². The quantitative estimate of drug-likeness (QED) is 0.711. The molecule has 0 fully saturated rings. The summed E-state index contributed by atoms with van der Waals surface area (Å²) in [5.41, 5.74) is 1.05. The maximum atomic E-state index is 13.5. The van der Waals surface area contributed by atoms with Crippen molar-refractivity contribution in [1.29, 1.82) is 0 Å². The Morgan fingerprint density at radius 3 is 2.53 bits per heavy atom. The number of rotatable bonds is 5. The van der Waals surface area contributed by atoms with E-state index in [-0.39, 0.29) is 22.4 Å². The van der Waals surface area contributed by atoms with E-state index in [1.54, 1.807) is 12.1 Å². The van der Waals surface area contributed by atoms with Gasteiger partial charge in [-0.05, 0) is 42.9 Å². The first-order valence-corrected chi connectivity index (χ1v) is 6.24. The number of halogens is 2. The number of methoxy groups -OCH3 is 1. The van der Waals surface area contributed by atoms with Crippen molar-refractivity contribution in [3.8, 4) is 5.75 Å². The third kappa shape index (κ3) is 4.55. The first-order chi connectivity index (χ1) is 7.84. The topological polar surface area (TPSA) is 9.23 Å². The van der Waals surface area contributed by atoms with E-state index in [4.69, 9.17) is 16.3 Å². The Kier molecular flexibility index (Phi) is 4.81. The van der Waals surface area contributed by atoms with Crippen LogP contribution >= 0.6 is 11.6 Å². The smallest absolute Gasteiger partial charge is 0.165 e. The van der Waals surface area contributed by atoms with Crippen molar-refractivity contribution in [3.63, 3.8) is 0 Å². The van der Waals surface area contributed by atoms with Crippen LogP contribution in [-0.2, 0) is 6.42 Å². The Bertz CT molecular complexity index is 374. The van der Waals surface area contributed by atoms with Crippen LogP contribution in [0.2, 0.25) is 0 Å². The van der Waals surface area contributed by atoms with E-state index in [1.165, 1.54) is 7.11 Å². The molecule has 0 heterocycles. The third-order valence-corrected chi connectivity index (χ3v) is 2.89. The molecule has 0 radical (unpaired) electrons. The second-order valence-corrected chi connectivity index (χ2v) is 6.04. The molecule has 1 unspecified atom stereocenters. The fourth-order valence-electron chi connectivity index (χ4n) is 2.21. The molecule has 0 bridgehead atoms. The molecule has 0 spiro atoms. The predicted octanol–water partition coefficient (Wildman–Crippen LogP) is 4.42. The highest BCUT2D eigenvalue weighted by Gasteiger charge is 2.21. The van der Waals surface area contributed by atoms with Crippen LogP contribution in [0.3, 0.4) is 0 Å². The number of alkyl halides is 1. The van der Waals surface area contributed by atoms with Gasteiger partial charge in [-0.1, -0.05) is 19.9 Å². The summed E-state index contributed by atoms with van der Waals surface area (Å²) < 4.78 is 18.4. The fourth-order valence-corrected chi connectivity index (χ4v) is 2.62. The summed E-state index contributed by atoms with van der Waals surface area (Å²) in [6.45, 7) is 6.28. The van der Waals surface area contributed by atoms with Gasteiger partial charge in [0.25, 0.3) is 0 Å². The predicted molar refractivity (Wildman–Crippen MR) is 70.4 cm³/mol. The molecule has 0 aliphatic heterocycles. The van der Waals surface area contributed by atoms with Crippen LogP contribution in [0, 0.1) is 11.2 Å². The Balaban J connectivity index is 2.78.